The predicted molar refractivity (Wildman–Crippen MR) is 97.0 cm³/mol. The molecule has 1 aromatic carbocycles. The molecule has 134 valence electrons. The van der Waals surface area contributed by atoms with Crippen LogP contribution in [-0.4, -0.2) is 65.4 Å². The Bertz CT molecular complexity index is 733. The van der Waals surface area contributed by atoms with Crippen LogP contribution in [0.4, 0.5) is 0 Å². The molecule has 0 aliphatic carbocycles. The lowest BCUT2D eigenvalue weighted by Crippen LogP contribution is -2.44. The average Bonchev–Trinajstić information content (AvgIpc) is 3.01. The Morgan fingerprint density at radius 1 is 1.20 bits per heavy atom. The third kappa shape index (κ3) is 3.91. The van der Waals surface area contributed by atoms with E-state index in [1.165, 1.54) is 0 Å². The predicted octanol–water partition coefficient (Wildman–Crippen LogP) is 2.10. The molecule has 1 aromatic heterocycles. The Morgan fingerprint density at radius 2 is 1.92 bits per heavy atom. The van der Waals surface area contributed by atoms with Gasteiger partial charge in [0.15, 0.2) is 0 Å². The number of carbonyl (C=O) groups excluding carboxylic acids is 1. The van der Waals surface area contributed by atoms with Crippen molar-refractivity contribution >= 4 is 5.97 Å². The van der Waals surface area contributed by atoms with Crippen molar-refractivity contribution in [2.24, 2.45) is 0 Å². The van der Waals surface area contributed by atoms with Crippen molar-refractivity contribution in [3.05, 3.63) is 47.3 Å². The molecule has 2 aromatic rings. The summed E-state index contributed by atoms with van der Waals surface area (Å²) >= 11 is 0. The maximum Gasteiger partial charge on any atom is 0.341 e. The van der Waals surface area contributed by atoms with Gasteiger partial charge >= 0.3 is 5.97 Å². The minimum Gasteiger partial charge on any atom is -0.462 e. The second-order valence-electron chi connectivity index (χ2n) is 6.50. The maximum atomic E-state index is 12.4. The molecule has 1 aliphatic heterocycles. The van der Waals surface area contributed by atoms with E-state index in [0.717, 1.165) is 43.1 Å². The van der Waals surface area contributed by atoms with Crippen molar-refractivity contribution in [1.29, 1.82) is 0 Å². The molecule has 0 spiro atoms. The SMILES string of the molecule is CCOC(=O)c1cnn(-c2ccccc2C)c1CN1CCN(C)CC1. The van der Waals surface area contributed by atoms with Gasteiger partial charge in [0.2, 0.25) is 0 Å². The minimum atomic E-state index is -0.300. The van der Waals surface area contributed by atoms with Crippen LogP contribution in [0.15, 0.2) is 30.5 Å². The summed E-state index contributed by atoms with van der Waals surface area (Å²) in [5.41, 5.74) is 3.59. The molecule has 0 atom stereocenters. The Hall–Kier alpha value is -2.18. The zero-order chi connectivity index (χ0) is 17.8. The molecule has 1 aliphatic rings. The highest BCUT2D eigenvalue weighted by molar-refractivity contribution is 5.90. The fourth-order valence-electron chi connectivity index (χ4n) is 3.13. The first-order valence-electron chi connectivity index (χ1n) is 8.81. The van der Waals surface area contributed by atoms with Crippen LogP contribution in [0.25, 0.3) is 5.69 Å². The lowest BCUT2D eigenvalue weighted by Gasteiger charge is -2.32. The third-order valence-electron chi connectivity index (χ3n) is 4.68. The van der Waals surface area contributed by atoms with Crippen LogP contribution in [-0.2, 0) is 11.3 Å². The van der Waals surface area contributed by atoms with Crippen molar-refractivity contribution in [1.82, 2.24) is 19.6 Å². The van der Waals surface area contributed by atoms with Crippen molar-refractivity contribution in [3.8, 4) is 5.69 Å². The Kier molecular flexibility index (Phi) is 5.50. The summed E-state index contributed by atoms with van der Waals surface area (Å²) in [5.74, 6) is -0.300. The fourth-order valence-corrected chi connectivity index (χ4v) is 3.13. The van der Waals surface area contributed by atoms with Crippen LogP contribution in [0.1, 0.15) is 28.5 Å². The van der Waals surface area contributed by atoms with Gasteiger partial charge in [0.25, 0.3) is 0 Å². The topological polar surface area (TPSA) is 50.6 Å². The number of benzene rings is 1. The Morgan fingerprint density at radius 3 is 2.60 bits per heavy atom. The molecule has 1 fully saturated rings. The van der Waals surface area contributed by atoms with Gasteiger partial charge in [-0.05, 0) is 32.5 Å². The number of ether oxygens (including phenoxy) is 1. The van der Waals surface area contributed by atoms with Crippen LogP contribution < -0.4 is 0 Å². The molecule has 0 radical (unpaired) electrons. The lowest BCUT2D eigenvalue weighted by molar-refractivity contribution is 0.0522. The third-order valence-corrected chi connectivity index (χ3v) is 4.68. The minimum absolute atomic E-state index is 0.300. The number of rotatable bonds is 5. The highest BCUT2D eigenvalue weighted by Crippen LogP contribution is 2.21. The van der Waals surface area contributed by atoms with E-state index in [2.05, 4.69) is 34.9 Å². The molecule has 2 heterocycles. The van der Waals surface area contributed by atoms with Crippen molar-refractivity contribution in [2.45, 2.75) is 20.4 Å². The van der Waals surface area contributed by atoms with E-state index in [-0.39, 0.29) is 5.97 Å². The molecule has 0 amide bonds. The number of hydrogen-bond acceptors (Lipinski definition) is 5. The zero-order valence-corrected chi connectivity index (χ0v) is 15.2. The number of aromatic nitrogens is 2. The summed E-state index contributed by atoms with van der Waals surface area (Å²) < 4.78 is 7.12. The second-order valence-corrected chi connectivity index (χ2v) is 6.50. The van der Waals surface area contributed by atoms with E-state index in [4.69, 9.17) is 4.74 Å². The molecule has 6 heteroatoms. The monoisotopic (exact) mass is 342 g/mol. The molecule has 25 heavy (non-hydrogen) atoms. The summed E-state index contributed by atoms with van der Waals surface area (Å²) in [7, 11) is 2.14. The number of aryl methyl sites for hydroxylation is 1. The van der Waals surface area contributed by atoms with Gasteiger partial charge < -0.3 is 9.64 Å². The van der Waals surface area contributed by atoms with Crippen molar-refractivity contribution in [2.75, 3.05) is 39.8 Å². The number of esters is 1. The van der Waals surface area contributed by atoms with Crippen molar-refractivity contribution in [3.63, 3.8) is 0 Å². The maximum absolute atomic E-state index is 12.4. The van der Waals surface area contributed by atoms with Gasteiger partial charge in [-0.2, -0.15) is 5.10 Å². The number of hydrogen-bond donors (Lipinski definition) is 0. The highest BCUT2D eigenvalue weighted by Gasteiger charge is 2.23. The van der Waals surface area contributed by atoms with E-state index < -0.39 is 0 Å². The van der Waals surface area contributed by atoms with Gasteiger partial charge in [-0.25, -0.2) is 9.48 Å². The van der Waals surface area contributed by atoms with Crippen LogP contribution in [0.2, 0.25) is 0 Å². The number of carbonyl (C=O) groups is 1. The van der Waals surface area contributed by atoms with Crippen LogP contribution in [0.5, 0.6) is 0 Å². The first-order valence-corrected chi connectivity index (χ1v) is 8.81. The summed E-state index contributed by atoms with van der Waals surface area (Å²) in [6, 6.07) is 8.09. The molecule has 0 saturated carbocycles. The number of likely N-dealkylation sites (N-methyl/N-ethyl adjacent to an activating group) is 1. The quantitative estimate of drug-likeness (QED) is 0.779. The van der Waals surface area contributed by atoms with E-state index in [1.807, 2.05) is 29.8 Å². The molecular formula is C19H26N4O2. The van der Waals surface area contributed by atoms with Crippen LogP contribution >= 0.6 is 0 Å². The van der Waals surface area contributed by atoms with E-state index in [1.54, 1.807) is 6.20 Å². The number of para-hydroxylation sites is 1. The summed E-state index contributed by atoms with van der Waals surface area (Å²) in [4.78, 5) is 17.1. The van der Waals surface area contributed by atoms with Gasteiger partial charge in [0, 0.05) is 32.7 Å². The van der Waals surface area contributed by atoms with Crippen molar-refractivity contribution < 1.29 is 9.53 Å². The zero-order valence-electron chi connectivity index (χ0n) is 15.2. The van der Waals surface area contributed by atoms with Gasteiger partial charge in [0.05, 0.1) is 24.2 Å². The number of piperazine rings is 1. The molecule has 6 nitrogen and oxygen atoms in total. The molecule has 0 N–H and O–H groups in total. The fraction of sp³-hybridized carbons (Fsp3) is 0.474. The normalized spacial score (nSPS) is 16.1. The van der Waals surface area contributed by atoms with E-state index >= 15 is 0 Å². The molecule has 0 unspecified atom stereocenters. The van der Waals surface area contributed by atoms with Crippen LogP contribution in [0, 0.1) is 6.92 Å². The summed E-state index contributed by atoms with van der Waals surface area (Å²) in [6.07, 6.45) is 1.63. The smallest absolute Gasteiger partial charge is 0.341 e. The standard InChI is InChI=1S/C19H26N4O2/c1-4-25-19(24)16-13-20-23(17-8-6-5-7-15(17)2)18(16)14-22-11-9-21(3)10-12-22/h5-8,13H,4,9-12,14H2,1-3H3. The largest absolute Gasteiger partial charge is 0.462 e. The summed E-state index contributed by atoms with van der Waals surface area (Å²) in [5, 5.41) is 4.51. The van der Waals surface area contributed by atoms with Gasteiger partial charge in [0.1, 0.15) is 5.56 Å². The first kappa shape index (κ1) is 17.6. The molecule has 0 bridgehead atoms. The molecule has 1 saturated heterocycles. The molecule has 3 rings (SSSR count). The summed E-state index contributed by atoms with van der Waals surface area (Å²) in [6.45, 7) is 8.97. The van der Waals surface area contributed by atoms with Gasteiger partial charge in [-0.3, -0.25) is 4.90 Å². The number of nitrogens with zero attached hydrogens (tertiary/aromatic N) is 4. The lowest BCUT2D eigenvalue weighted by atomic mass is 10.1. The average molecular weight is 342 g/mol. The van der Waals surface area contributed by atoms with E-state index in [0.29, 0.717) is 18.7 Å². The Labute approximate surface area is 149 Å². The Balaban J connectivity index is 1.95. The van der Waals surface area contributed by atoms with Gasteiger partial charge in [-0.15, -0.1) is 0 Å². The van der Waals surface area contributed by atoms with Gasteiger partial charge in [-0.1, -0.05) is 18.2 Å². The first-order chi connectivity index (χ1) is 12.1. The molecular weight excluding hydrogens is 316 g/mol. The van der Waals surface area contributed by atoms with E-state index in [9.17, 15) is 4.79 Å². The highest BCUT2D eigenvalue weighted by atomic mass is 16.5. The van der Waals surface area contributed by atoms with Crippen LogP contribution in [0.3, 0.4) is 0 Å². The second kappa shape index (κ2) is 7.80.